The average Bonchev–Trinajstić information content (AvgIpc) is 3.74. The molecule has 0 atom stereocenters. The maximum absolute atomic E-state index is 6.67. The minimum absolute atomic E-state index is 0.896. The molecule has 0 unspecified atom stereocenters. The van der Waals surface area contributed by atoms with Crippen molar-refractivity contribution in [2.75, 3.05) is 0 Å². The van der Waals surface area contributed by atoms with E-state index in [-0.39, 0.29) is 0 Å². The van der Waals surface area contributed by atoms with Crippen LogP contribution >= 0.6 is 0 Å². The van der Waals surface area contributed by atoms with Gasteiger partial charge in [0, 0.05) is 49.9 Å². The van der Waals surface area contributed by atoms with Crippen LogP contribution in [0, 0.1) is 0 Å². The van der Waals surface area contributed by atoms with E-state index < -0.39 is 0 Å². The van der Waals surface area contributed by atoms with Crippen LogP contribution in [-0.4, -0.2) is 9.13 Å². The molecule has 3 nitrogen and oxygen atoms in total. The molecular formula is C50H30N2O. The number of aromatic nitrogens is 2. The monoisotopic (exact) mass is 674 g/mol. The van der Waals surface area contributed by atoms with Crippen molar-refractivity contribution >= 4 is 65.2 Å². The summed E-state index contributed by atoms with van der Waals surface area (Å²) in [5.74, 6) is 1.79. The first-order valence-corrected chi connectivity index (χ1v) is 18.2. The van der Waals surface area contributed by atoms with Gasteiger partial charge in [0.2, 0.25) is 0 Å². The fraction of sp³-hybridized carbons (Fsp3) is 0. The standard InChI is InChI=1S/C50H30N2O/c1-2-14-34(15-3-1)51-43-27-25-33(29-41(43)49-40-20-10-19-38-37-16-7-9-23-46(37)53-47(50(38)40)30-45(49)51)36-18-11-22-44-48(36)39-17-6-8-21-42(39)52(44)35-26-24-31-12-4-5-13-32(31)28-35/h1-30H. The number of para-hydroxylation sites is 3. The van der Waals surface area contributed by atoms with Gasteiger partial charge in [-0.25, -0.2) is 0 Å². The fourth-order valence-electron chi connectivity index (χ4n) is 9.03. The zero-order chi connectivity index (χ0) is 34.6. The van der Waals surface area contributed by atoms with Gasteiger partial charge in [-0.05, 0) is 87.4 Å². The third-order valence-electron chi connectivity index (χ3n) is 11.3. The van der Waals surface area contributed by atoms with E-state index in [0.29, 0.717) is 0 Å². The van der Waals surface area contributed by atoms with Crippen molar-refractivity contribution in [1.29, 1.82) is 0 Å². The van der Waals surface area contributed by atoms with E-state index in [2.05, 4.69) is 185 Å². The van der Waals surface area contributed by atoms with Crippen LogP contribution in [0.15, 0.2) is 182 Å². The van der Waals surface area contributed by atoms with Gasteiger partial charge in [0.15, 0.2) is 0 Å². The summed E-state index contributed by atoms with van der Waals surface area (Å²) < 4.78 is 11.5. The van der Waals surface area contributed by atoms with Gasteiger partial charge >= 0.3 is 0 Å². The number of hydrogen-bond acceptors (Lipinski definition) is 1. The molecule has 1 aliphatic rings. The lowest BCUT2D eigenvalue weighted by Gasteiger charge is -2.22. The highest BCUT2D eigenvalue weighted by Gasteiger charge is 2.25. The van der Waals surface area contributed by atoms with Gasteiger partial charge < -0.3 is 13.9 Å². The third kappa shape index (κ3) is 3.99. The molecule has 0 saturated carbocycles. The predicted octanol–water partition coefficient (Wildman–Crippen LogP) is 13.6. The van der Waals surface area contributed by atoms with Crippen LogP contribution in [0.4, 0.5) is 0 Å². The normalized spacial score (nSPS) is 12.3. The maximum atomic E-state index is 6.67. The molecule has 9 aromatic carbocycles. The molecule has 1 aliphatic heterocycles. The van der Waals surface area contributed by atoms with Crippen molar-refractivity contribution in [3.05, 3.63) is 182 Å². The van der Waals surface area contributed by atoms with E-state index in [1.54, 1.807) is 0 Å². The Morgan fingerprint density at radius 2 is 1.02 bits per heavy atom. The van der Waals surface area contributed by atoms with E-state index in [4.69, 9.17) is 4.74 Å². The van der Waals surface area contributed by atoms with Crippen molar-refractivity contribution in [2.24, 2.45) is 0 Å². The van der Waals surface area contributed by atoms with Crippen LogP contribution in [0.2, 0.25) is 0 Å². The van der Waals surface area contributed by atoms with Crippen molar-refractivity contribution < 1.29 is 4.74 Å². The lowest BCUT2D eigenvalue weighted by molar-refractivity contribution is 0.487. The van der Waals surface area contributed by atoms with Gasteiger partial charge in [-0.1, -0.05) is 121 Å². The summed E-state index contributed by atoms with van der Waals surface area (Å²) in [5.41, 5.74) is 11.7. The van der Waals surface area contributed by atoms with Gasteiger partial charge in [0.05, 0.1) is 22.1 Å². The molecule has 0 spiro atoms. The smallest absolute Gasteiger partial charge is 0.138 e. The Bertz CT molecular complexity index is 3310. The molecule has 2 aromatic heterocycles. The molecule has 0 aliphatic carbocycles. The molecule has 0 saturated heterocycles. The summed E-state index contributed by atoms with van der Waals surface area (Å²) in [7, 11) is 0. The molecule has 0 N–H and O–H groups in total. The van der Waals surface area contributed by atoms with Crippen LogP contribution in [0.25, 0.3) is 98.8 Å². The minimum Gasteiger partial charge on any atom is -0.456 e. The van der Waals surface area contributed by atoms with Crippen LogP contribution in [0.5, 0.6) is 11.5 Å². The lowest BCUT2D eigenvalue weighted by atomic mass is 9.92. The van der Waals surface area contributed by atoms with E-state index >= 15 is 0 Å². The summed E-state index contributed by atoms with van der Waals surface area (Å²) in [6, 6.07) is 66.0. The van der Waals surface area contributed by atoms with Gasteiger partial charge in [0.1, 0.15) is 11.5 Å². The van der Waals surface area contributed by atoms with Gasteiger partial charge in [0.25, 0.3) is 0 Å². The Hall–Kier alpha value is -7.10. The second kappa shape index (κ2) is 10.7. The molecule has 53 heavy (non-hydrogen) atoms. The number of rotatable bonds is 3. The Balaban J connectivity index is 1.17. The van der Waals surface area contributed by atoms with E-state index in [9.17, 15) is 0 Å². The molecular weight excluding hydrogens is 645 g/mol. The fourth-order valence-corrected chi connectivity index (χ4v) is 9.03. The highest BCUT2D eigenvalue weighted by molar-refractivity contribution is 6.26. The summed E-state index contributed by atoms with van der Waals surface area (Å²) in [6.45, 7) is 0. The Kier molecular flexibility index (Phi) is 5.77. The topological polar surface area (TPSA) is 19.1 Å². The average molecular weight is 675 g/mol. The first-order chi connectivity index (χ1) is 26.3. The van der Waals surface area contributed by atoms with Crippen LogP contribution < -0.4 is 4.74 Å². The molecule has 11 aromatic rings. The largest absolute Gasteiger partial charge is 0.456 e. The molecule has 3 heteroatoms. The second-order valence-electron chi connectivity index (χ2n) is 14.1. The second-order valence-corrected chi connectivity index (χ2v) is 14.1. The lowest BCUT2D eigenvalue weighted by Crippen LogP contribution is -1.98. The zero-order valence-electron chi connectivity index (χ0n) is 28.6. The molecule has 0 radical (unpaired) electrons. The van der Waals surface area contributed by atoms with Crippen LogP contribution in [0.3, 0.4) is 0 Å². The highest BCUT2D eigenvalue weighted by Crippen LogP contribution is 2.51. The summed E-state index contributed by atoms with van der Waals surface area (Å²) in [4.78, 5) is 0. The number of benzene rings is 9. The van der Waals surface area contributed by atoms with E-state index in [0.717, 1.165) is 39.3 Å². The number of hydrogen-bond donors (Lipinski definition) is 0. The molecule has 0 bridgehead atoms. The first-order valence-electron chi connectivity index (χ1n) is 18.2. The van der Waals surface area contributed by atoms with Crippen molar-refractivity contribution in [2.45, 2.75) is 0 Å². The highest BCUT2D eigenvalue weighted by atomic mass is 16.5. The quantitative estimate of drug-likeness (QED) is 0.183. The van der Waals surface area contributed by atoms with Crippen LogP contribution in [0.1, 0.15) is 0 Å². The summed E-state index contributed by atoms with van der Waals surface area (Å²) in [6.07, 6.45) is 0. The van der Waals surface area contributed by atoms with Gasteiger partial charge in [-0.2, -0.15) is 0 Å². The Morgan fingerprint density at radius 3 is 1.96 bits per heavy atom. The molecule has 246 valence electrons. The van der Waals surface area contributed by atoms with Gasteiger partial charge in [-0.15, -0.1) is 0 Å². The maximum Gasteiger partial charge on any atom is 0.138 e. The molecule has 0 fully saturated rings. The summed E-state index contributed by atoms with van der Waals surface area (Å²) in [5, 5.41) is 9.81. The van der Waals surface area contributed by atoms with Crippen molar-refractivity contribution in [1.82, 2.24) is 9.13 Å². The minimum atomic E-state index is 0.896. The molecule has 0 amide bonds. The van der Waals surface area contributed by atoms with Crippen molar-refractivity contribution in [3.8, 4) is 45.1 Å². The third-order valence-corrected chi connectivity index (χ3v) is 11.3. The predicted molar refractivity (Wildman–Crippen MR) is 221 cm³/mol. The summed E-state index contributed by atoms with van der Waals surface area (Å²) >= 11 is 0. The van der Waals surface area contributed by atoms with Crippen molar-refractivity contribution in [3.63, 3.8) is 0 Å². The van der Waals surface area contributed by atoms with Gasteiger partial charge in [-0.3, -0.25) is 0 Å². The first kappa shape index (κ1) is 28.6. The Morgan fingerprint density at radius 1 is 0.321 bits per heavy atom. The number of ether oxygens (including phenoxy) is 1. The molecule has 12 rings (SSSR count). The zero-order valence-corrected chi connectivity index (χ0v) is 28.6. The SMILES string of the molecule is c1ccc(-n2c3ccc(-c4cccc5c4c4ccccc4n5-c4ccc5ccccc5c4)cc3c3c4cccc5c4c(cc32)Oc2ccccc2-5)cc1. The van der Waals surface area contributed by atoms with Crippen LogP contribution in [-0.2, 0) is 0 Å². The number of nitrogens with zero attached hydrogens (tertiary/aromatic N) is 2. The molecule has 3 heterocycles. The number of fused-ring (bicyclic) bond motifs is 10. The van der Waals surface area contributed by atoms with E-state index in [1.807, 2.05) is 6.07 Å². The van der Waals surface area contributed by atoms with E-state index in [1.165, 1.54) is 70.9 Å². The Labute approximate surface area is 305 Å².